The van der Waals surface area contributed by atoms with Crippen molar-refractivity contribution in [3.05, 3.63) is 101 Å². The van der Waals surface area contributed by atoms with Gasteiger partial charge in [-0.05, 0) is 64.7 Å². The normalized spacial score (nSPS) is 12.1. The van der Waals surface area contributed by atoms with Gasteiger partial charge in [0.1, 0.15) is 11.9 Å². The second-order valence-corrected chi connectivity index (χ2v) is 8.90. The molecule has 0 radical (unpaired) electrons. The number of aromatic amines is 1. The largest absolute Gasteiger partial charge is 0.393 e. The van der Waals surface area contributed by atoms with Crippen LogP contribution in [0, 0.1) is 5.82 Å². The van der Waals surface area contributed by atoms with Gasteiger partial charge < -0.3 is 32.0 Å². The van der Waals surface area contributed by atoms with Crippen LogP contribution in [0.4, 0.5) is 10.1 Å². The molecule has 2 amide bonds. The van der Waals surface area contributed by atoms with Crippen LogP contribution >= 0.6 is 0 Å². The Balaban J connectivity index is 1.69. The van der Waals surface area contributed by atoms with Gasteiger partial charge in [0.05, 0.1) is 17.7 Å². The molecular formula is C29H25FN4O4. The van der Waals surface area contributed by atoms with Crippen LogP contribution in [0.15, 0.2) is 72.8 Å². The topological polar surface area (TPSA) is 154 Å². The summed E-state index contributed by atoms with van der Waals surface area (Å²) in [4.78, 5) is 28.3. The summed E-state index contributed by atoms with van der Waals surface area (Å²) >= 11 is 0. The first kappa shape index (κ1) is 25.1. The van der Waals surface area contributed by atoms with Crippen molar-refractivity contribution < 1.29 is 24.2 Å². The number of nitrogens with two attached hydrogens (primary N) is 2. The number of anilines is 1. The summed E-state index contributed by atoms with van der Waals surface area (Å²) < 4.78 is 13.3. The number of hydrogen-bond acceptors (Lipinski definition) is 5. The van der Waals surface area contributed by atoms with Crippen molar-refractivity contribution in [1.29, 1.82) is 0 Å². The maximum absolute atomic E-state index is 13.3. The molecule has 0 aliphatic carbocycles. The number of benzene rings is 4. The maximum atomic E-state index is 13.3. The quantitative estimate of drug-likeness (QED) is 0.195. The fourth-order valence-corrected chi connectivity index (χ4v) is 4.74. The first-order valence-corrected chi connectivity index (χ1v) is 11.9. The molecule has 0 aliphatic rings. The van der Waals surface area contributed by atoms with Crippen molar-refractivity contribution in [3.8, 4) is 11.1 Å². The number of hydrogen-bond donors (Lipinski definition) is 6. The van der Waals surface area contributed by atoms with Gasteiger partial charge in [0.25, 0.3) is 11.8 Å². The molecule has 0 saturated carbocycles. The fourth-order valence-electron chi connectivity index (χ4n) is 4.74. The van der Waals surface area contributed by atoms with Crippen LogP contribution in [-0.2, 0) is 6.54 Å². The average molecular weight is 513 g/mol. The minimum absolute atomic E-state index is 0.101. The van der Waals surface area contributed by atoms with Gasteiger partial charge in [0, 0.05) is 34.1 Å². The molecule has 1 heterocycles. The van der Waals surface area contributed by atoms with E-state index in [1.165, 1.54) is 24.3 Å². The zero-order valence-electron chi connectivity index (χ0n) is 20.2. The lowest BCUT2D eigenvalue weighted by Gasteiger charge is -2.16. The van der Waals surface area contributed by atoms with Crippen LogP contribution in [0.1, 0.15) is 37.9 Å². The van der Waals surface area contributed by atoms with E-state index in [0.717, 1.165) is 21.9 Å². The Bertz CT molecular complexity index is 1700. The Hall–Kier alpha value is -4.57. The molecule has 5 aromatic rings. The van der Waals surface area contributed by atoms with E-state index in [1.54, 1.807) is 42.5 Å². The van der Waals surface area contributed by atoms with Crippen LogP contribution in [0.25, 0.3) is 32.9 Å². The van der Waals surface area contributed by atoms with Crippen molar-refractivity contribution in [1.82, 2.24) is 4.98 Å². The smallest absolute Gasteiger partial charge is 0.255 e. The minimum atomic E-state index is -1.05. The second kappa shape index (κ2) is 10.1. The maximum Gasteiger partial charge on any atom is 0.255 e. The highest BCUT2D eigenvalue weighted by atomic mass is 19.1. The summed E-state index contributed by atoms with van der Waals surface area (Å²) in [7, 11) is 0. The lowest BCUT2D eigenvalue weighted by atomic mass is 9.92. The fraction of sp³-hybridized carbons (Fsp3) is 0.103. The monoisotopic (exact) mass is 512 g/mol. The number of aromatic nitrogens is 1. The highest BCUT2D eigenvalue weighted by Gasteiger charge is 2.20. The summed E-state index contributed by atoms with van der Waals surface area (Å²) in [6.07, 6.45) is -1.05. The number of carbonyl (C=O) groups excluding carboxylic acids is 2. The van der Waals surface area contributed by atoms with Gasteiger partial charge in [-0.2, -0.15) is 0 Å². The van der Waals surface area contributed by atoms with Gasteiger partial charge in [-0.25, -0.2) is 4.39 Å². The molecule has 38 heavy (non-hydrogen) atoms. The Morgan fingerprint density at radius 3 is 2.45 bits per heavy atom. The van der Waals surface area contributed by atoms with Crippen molar-refractivity contribution in [2.24, 2.45) is 11.5 Å². The van der Waals surface area contributed by atoms with Gasteiger partial charge >= 0.3 is 0 Å². The number of aliphatic hydroxyl groups is 2. The summed E-state index contributed by atoms with van der Waals surface area (Å²) in [5.74, 6) is -1.46. The molecule has 0 saturated heterocycles. The predicted octanol–water partition coefficient (Wildman–Crippen LogP) is 3.96. The molecule has 5 rings (SSSR count). The third kappa shape index (κ3) is 4.39. The van der Waals surface area contributed by atoms with E-state index in [0.29, 0.717) is 39.0 Å². The molecule has 192 valence electrons. The number of fused-ring (bicyclic) bond motifs is 3. The van der Waals surface area contributed by atoms with Gasteiger partial charge in [-0.1, -0.05) is 30.3 Å². The van der Waals surface area contributed by atoms with E-state index in [1.807, 2.05) is 6.07 Å². The average Bonchev–Trinajstić information content (AvgIpc) is 3.31. The molecule has 4 aromatic carbocycles. The molecular weight excluding hydrogens is 487 g/mol. The number of H-pyrrole nitrogens is 1. The zero-order valence-corrected chi connectivity index (χ0v) is 20.2. The molecule has 1 unspecified atom stereocenters. The molecule has 0 fully saturated rings. The van der Waals surface area contributed by atoms with Crippen molar-refractivity contribution >= 4 is 39.3 Å². The van der Waals surface area contributed by atoms with Crippen LogP contribution in [-0.4, -0.2) is 33.6 Å². The first-order valence-electron chi connectivity index (χ1n) is 11.9. The third-order valence-corrected chi connectivity index (χ3v) is 6.63. The highest BCUT2D eigenvalue weighted by Crippen LogP contribution is 2.40. The summed E-state index contributed by atoms with van der Waals surface area (Å²) in [6.45, 7) is -0.330. The third-order valence-electron chi connectivity index (χ3n) is 6.63. The molecule has 1 atom stereocenters. The minimum Gasteiger partial charge on any atom is -0.393 e. The zero-order chi connectivity index (χ0) is 27.0. The standard InChI is InChI=1S/C29H25FN4O4/c30-17-7-4-15(5-8-17)29(38)34-23-3-1-2-18(22(23)13-31)19-10-11-21(28(32)37)27-26(19)20-9-6-16(25(36)14-35)12-24(20)33-27/h1-12,25,33,35-36H,13-14,31H2,(H2,32,37)(H,34,38). The molecule has 8 N–H and O–H groups in total. The van der Waals surface area contributed by atoms with E-state index in [-0.39, 0.29) is 6.54 Å². The molecule has 0 aliphatic heterocycles. The first-order chi connectivity index (χ1) is 18.3. The van der Waals surface area contributed by atoms with E-state index in [2.05, 4.69) is 10.3 Å². The van der Waals surface area contributed by atoms with Crippen LogP contribution in [0.5, 0.6) is 0 Å². The molecule has 1 aromatic heterocycles. The molecule has 8 nitrogen and oxygen atoms in total. The molecule has 0 bridgehead atoms. The number of halogens is 1. The van der Waals surface area contributed by atoms with Crippen molar-refractivity contribution in [3.63, 3.8) is 0 Å². The summed E-state index contributed by atoms with van der Waals surface area (Å²) in [5, 5.41) is 23.8. The van der Waals surface area contributed by atoms with Gasteiger partial charge in [0.15, 0.2) is 0 Å². The Morgan fingerprint density at radius 1 is 1.00 bits per heavy atom. The van der Waals surface area contributed by atoms with E-state index in [9.17, 15) is 24.2 Å². The van der Waals surface area contributed by atoms with E-state index < -0.39 is 30.3 Å². The van der Waals surface area contributed by atoms with E-state index >= 15 is 0 Å². The molecule has 9 heteroatoms. The van der Waals surface area contributed by atoms with Gasteiger partial charge in [-0.3, -0.25) is 9.59 Å². The SMILES string of the molecule is NCc1c(NC(=O)c2ccc(F)cc2)cccc1-c1ccc(C(N)=O)c2[nH]c3cc(C(O)CO)ccc3c12. The number of amides is 2. The van der Waals surface area contributed by atoms with Crippen LogP contribution < -0.4 is 16.8 Å². The number of primary amides is 1. The lowest BCUT2D eigenvalue weighted by Crippen LogP contribution is -2.15. The Morgan fingerprint density at radius 2 is 1.76 bits per heavy atom. The van der Waals surface area contributed by atoms with Crippen molar-refractivity contribution in [2.45, 2.75) is 12.6 Å². The number of carbonyl (C=O) groups is 2. The highest BCUT2D eigenvalue weighted by molar-refractivity contribution is 6.20. The Kier molecular flexibility index (Phi) is 6.64. The van der Waals surface area contributed by atoms with Crippen molar-refractivity contribution in [2.75, 3.05) is 11.9 Å². The predicted molar refractivity (Wildman–Crippen MR) is 144 cm³/mol. The van der Waals surface area contributed by atoms with E-state index in [4.69, 9.17) is 11.5 Å². The van der Waals surface area contributed by atoms with Gasteiger partial charge in [0.2, 0.25) is 0 Å². The number of aliphatic hydroxyl groups excluding tert-OH is 2. The summed E-state index contributed by atoms with van der Waals surface area (Å²) in [6, 6.07) is 19.3. The second-order valence-electron chi connectivity index (χ2n) is 8.90. The number of rotatable bonds is 7. The number of nitrogens with one attached hydrogen (secondary N) is 2. The van der Waals surface area contributed by atoms with Crippen LogP contribution in [0.2, 0.25) is 0 Å². The molecule has 0 spiro atoms. The Labute approximate surface area is 216 Å². The van der Waals surface area contributed by atoms with Gasteiger partial charge in [-0.15, -0.1) is 0 Å². The van der Waals surface area contributed by atoms with Crippen LogP contribution in [0.3, 0.4) is 0 Å². The summed E-state index contributed by atoms with van der Waals surface area (Å²) in [5.41, 5.74) is 16.8. The lowest BCUT2D eigenvalue weighted by molar-refractivity contribution is 0.0957.